The van der Waals surface area contributed by atoms with Crippen LogP contribution in [0.4, 0.5) is 5.82 Å². The maximum Gasteiger partial charge on any atom is 0.228 e. The molecule has 4 heteroatoms. The van der Waals surface area contributed by atoms with E-state index in [0.29, 0.717) is 6.42 Å². The molecule has 1 heterocycles. The van der Waals surface area contributed by atoms with E-state index in [1.165, 1.54) is 0 Å². The zero-order valence-corrected chi connectivity index (χ0v) is 11.6. The Bertz CT molecular complexity index is 379. The summed E-state index contributed by atoms with van der Waals surface area (Å²) < 4.78 is 0. The van der Waals surface area contributed by atoms with Crippen LogP contribution in [-0.4, -0.2) is 22.4 Å². The third kappa shape index (κ3) is 4.09. The first kappa shape index (κ1) is 14.6. The molecule has 0 aliphatic carbocycles. The molecular formula is C14H23N3O. The van der Waals surface area contributed by atoms with E-state index < -0.39 is 0 Å². The number of carbonyl (C=O) groups excluding carboxylic acids is 1. The van der Waals surface area contributed by atoms with Crippen molar-refractivity contribution in [3.05, 3.63) is 18.1 Å². The zero-order valence-electron chi connectivity index (χ0n) is 11.6. The number of anilines is 1. The number of carbonyl (C=O) groups is 1. The van der Waals surface area contributed by atoms with Crippen molar-refractivity contribution in [2.75, 3.05) is 11.4 Å². The first-order chi connectivity index (χ1) is 8.72. The first-order valence-electron chi connectivity index (χ1n) is 6.85. The molecule has 18 heavy (non-hydrogen) atoms. The highest BCUT2D eigenvalue weighted by atomic mass is 16.2. The lowest BCUT2D eigenvalue weighted by atomic mass is 10.2. The Labute approximate surface area is 109 Å². The Balaban J connectivity index is 2.90. The van der Waals surface area contributed by atoms with Gasteiger partial charge >= 0.3 is 0 Å². The molecule has 0 bridgehead atoms. The summed E-state index contributed by atoms with van der Waals surface area (Å²) in [5.74, 6) is 1.72. The molecule has 0 spiro atoms. The fourth-order valence-corrected chi connectivity index (χ4v) is 1.82. The fourth-order valence-electron chi connectivity index (χ4n) is 1.82. The van der Waals surface area contributed by atoms with Crippen molar-refractivity contribution < 1.29 is 4.79 Å². The van der Waals surface area contributed by atoms with Crippen molar-refractivity contribution in [1.29, 1.82) is 0 Å². The van der Waals surface area contributed by atoms with E-state index in [0.717, 1.165) is 43.9 Å². The average Bonchev–Trinajstić information content (AvgIpc) is 2.37. The summed E-state index contributed by atoms with van der Waals surface area (Å²) in [5, 5.41) is 0. The van der Waals surface area contributed by atoms with Crippen LogP contribution in [0.3, 0.4) is 0 Å². The maximum absolute atomic E-state index is 12.1. The number of hydrogen-bond donors (Lipinski definition) is 0. The normalized spacial score (nSPS) is 10.4. The van der Waals surface area contributed by atoms with Crippen LogP contribution in [0.1, 0.15) is 52.3 Å². The molecule has 0 aliphatic heterocycles. The van der Waals surface area contributed by atoms with Crippen LogP contribution in [0.15, 0.2) is 12.3 Å². The predicted molar refractivity (Wildman–Crippen MR) is 73.6 cm³/mol. The SMILES string of the molecule is CCCC(=O)N(CCC)c1ccnc(CCC)n1. The smallest absolute Gasteiger partial charge is 0.228 e. The quantitative estimate of drug-likeness (QED) is 0.746. The standard InChI is InChI=1S/C14H23N3O/c1-4-7-12-15-10-9-13(16-12)17(11-6-3)14(18)8-5-2/h9-10H,4-8,11H2,1-3H3. The van der Waals surface area contributed by atoms with Crippen molar-refractivity contribution in [1.82, 2.24) is 9.97 Å². The van der Waals surface area contributed by atoms with E-state index in [2.05, 4.69) is 23.8 Å². The lowest BCUT2D eigenvalue weighted by molar-refractivity contribution is -0.118. The summed E-state index contributed by atoms with van der Waals surface area (Å²) >= 11 is 0. The molecule has 1 rings (SSSR count). The van der Waals surface area contributed by atoms with Gasteiger partial charge in [-0.05, 0) is 25.3 Å². The maximum atomic E-state index is 12.1. The molecule has 0 aromatic carbocycles. The van der Waals surface area contributed by atoms with Crippen molar-refractivity contribution in [3.8, 4) is 0 Å². The highest BCUT2D eigenvalue weighted by molar-refractivity contribution is 5.92. The van der Waals surface area contributed by atoms with E-state index in [4.69, 9.17) is 0 Å². The third-order valence-corrected chi connectivity index (χ3v) is 2.65. The molecule has 0 aliphatic rings. The summed E-state index contributed by atoms with van der Waals surface area (Å²) in [7, 11) is 0. The Kier molecular flexibility index (Phi) is 6.33. The van der Waals surface area contributed by atoms with E-state index in [1.807, 2.05) is 13.0 Å². The van der Waals surface area contributed by atoms with E-state index in [9.17, 15) is 4.79 Å². The monoisotopic (exact) mass is 249 g/mol. The van der Waals surface area contributed by atoms with Gasteiger partial charge in [-0.15, -0.1) is 0 Å². The van der Waals surface area contributed by atoms with Crippen LogP contribution in [0.5, 0.6) is 0 Å². The predicted octanol–water partition coefficient (Wildman–Crippen LogP) is 2.97. The second kappa shape index (κ2) is 7.80. The number of hydrogen-bond acceptors (Lipinski definition) is 3. The Hall–Kier alpha value is -1.45. The van der Waals surface area contributed by atoms with Crippen LogP contribution in [0.25, 0.3) is 0 Å². The first-order valence-corrected chi connectivity index (χ1v) is 6.85. The fraction of sp³-hybridized carbons (Fsp3) is 0.643. The highest BCUT2D eigenvalue weighted by Crippen LogP contribution is 2.13. The van der Waals surface area contributed by atoms with Crippen molar-refractivity contribution >= 4 is 11.7 Å². The van der Waals surface area contributed by atoms with Crippen LogP contribution in [0, 0.1) is 0 Å². The van der Waals surface area contributed by atoms with E-state index in [-0.39, 0.29) is 5.91 Å². The summed E-state index contributed by atoms with van der Waals surface area (Å²) in [6.45, 7) is 6.91. The van der Waals surface area contributed by atoms with Gasteiger partial charge in [-0.2, -0.15) is 0 Å². The molecule has 0 fully saturated rings. The highest BCUT2D eigenvalue weighted by Gasteiger charge is 2.15. The van der Waals surface area contributed by atoms with Gasteiger partial charge in [0.2, 0.25) is 5.91 Å². The third-order valence-electron chi connectivity index (χ3n) is 2.65. The van der Waals surface area contributed by atoms with Crippen molar-refractivity contribution in [3.63, 3.8) is 0 Å². The summed E-state index contributed by atoms with van der Waals surface area (Å²) in [6, 6.07) is 1.82. The second-order valence-corrected chi connectivity index (χ2v) is 4.38. The topological polar surface area (TPSA) is 46.1 Å². The number of amides is 1. The van der Waals surface area contributed by atoms with E-state index >= 15 is 0 Å². The summed E-state index contributed by atoms with van der Waals surface area (Å²) in [4.78, 5) is 22.6. The van der Waals surface area contributed by atoms with Crippen molar-refractivity contribution in [2.24, 2.45) is 0 Å². The molecule has 0 N–H and O–H groups in total. The van der Waals surface area contributed by atoms with Crippen LogP contribution in [-0.2, 0) is 11.2 Å². The minimum Gasteiger partial charge on any atom is -0.297 e. The van der Waals surface area contributed by atoms with Gasteiger partial charge in [0, 0.05) is 25.6 Å². The van der Waals surface area contributed by atoms with Gasteiger partial charge in [0.1, 0.15) is 11.6 Å². The molecule has 0 radical (unpaired) electrons. The van der Waals surface area contributed by atoms with Gasteiger partial charge in [-0.1, -0.05) is 20.8 Å². The van der Waals surface area contributed by atoms with Crippen LogP contribution < -0.4 is 4.90 Å². The van der Waals surface area contributed by atoms with Gasteiger partial charge in [0.15, 0.2) is 0 Å². The zero-order chi connectivity index (χ0) is 13.4. The Morgan fingerprint density at radius 3 is 2.61 bits per heavy atom. The molecule has 1 aromatic rings. The molecule has 1 aromatic heterocycles. The van der Waals surface area contributed by atoms with Gasteiger partial charge in [-0.3, -0.25) is 9.69 Å². The largest absolute Gasteiger partial charge is 0.297 e. The minimum absolute atomic E-state index is 0.153. The number of rotatable bonds is 7. The van der Waals surface area contributed by atoms with Gasteiger partial charge in [0.05, 0.1) is 0 Å². The van der Waals surface area contributed by atoms with Gasteiger partial charge in [-0.25, -0.2) is 9.97 Å². The van der Waals surface area contributed by atoms with Crippen LogP contribution >= 0.6 is 0 Å². The number of aromatic nitrogens is 2. The Morgan fingerprint density at radius 1 is 1.22 bits per heavy atom. The summed E-state index contributed by atoms with van der Waals surface area (Å²) in [6.07, 6.45) is 5.99. The minimum atomic E-state index is 0.153. The van der Waals surface area contributed by atoms with Crippen molar-refractivity contribution in [2.45, 2.75) is 52.9 Å². The molecule has 100 valence electrons. The van der Waals surface area contributed by atoms with E-state index in [1.54, 1.807) is 11.1 Å². The molecule has 0 atom stereocenters. The van der Waals surface area contributed by atoms with Crippen LogP contribution in [0.2, 0.25) is 0 Å². The second-order valence-electron chi connectivity index (χ2n) is 4.38. The lowest BCUT2D eigenvalue weighted by Gasteiger charge is -2.21. The number of nitrogens with zero attached hydrogens (tertiary/aromatic N) is 3. The molecule has 4 nitrogen and oxygen atoms in total. The number of aryl methyl sites for hydroxylation is 1. The molecular weight excluding hydrogens is 226 g/mol. The van der Waals surface area contributed by atoms with Gasteiger partial charge < -0.3 is 0 Å². The molecule has 0 saturated heterocycles. The van der Waals surface area contributed by atoms with Gasteiger partial charge in [0.25, 0.3) is 0 Å². The molecule has 0 saturated carbocycles. The molecule has 0 unspecified atom stereocenters. The Morgan fingerprint density at radius 2 is 2.00 bits per heavy atom. The molecule has 1 amide bonds. The lowest BCUT2D eigenvalue weighted by Crippen LogP contribution is -2.32. The summed E-state index contributed by atoms with van der Waals surface area (Å²) in [5.41, 5.74) is 0. The average molecular weight is 249 g/mol.